The van der Waals surface area contributed by atoms with Crippen molar-refractivity contribution in [3.63, 3.8) is 0 Å². The summed E-state index contributed by atoms with van der Waals surface area (Å²) in [5.41, 5.74) is 0.485. The first-order valence-electron chi connectivity index (χ1n) is 5.60. The van der Waals surface area contributed by atoms with Crippen LogP contribution in [0.5, 0.6) is 0 Å². The number of anilines is 1. The van der Waals surface area contributed by atoms with Crippen molar-refractivity contribution in [2.45, 2.75) is 0 Å². The molecule has 2 aromatic rings. The van der Waals surface area contributed by atoms with Gasteiger partial charge in [-0.2, -0.15) is 0 Å². The van der Waals surface area contributed by atoms with Crippen molar-refractivity contribution in [1.82, 2.24) is 4.72 Å². The van der Waals surface area contributed by atoms with Gasteiger partial charge in [0, 0.05) is 20.1 Å². The fourth-order valence-corrected chi connectivity index (χ4v) is 2.38. The van der Waals surface area contributed by atoms with E-state index in [1.165, 1.54) is 12.3 Å². The predicted octanol–water partition coefficient (Wildman–Crippen LogP) is 2.42. The van der Waals surface area contributed by atoms with Crippen molar-refractivity contribution in [2.24, 2.45) is 0 Å². The molecule has 104 valence electrons. The van der Waals surface area contributed by atoms with Gasteiger partial charge in [0.25, 0.3) is 0 Å². The van der Waals surface area contributed by atoms with Gasteiger partial charge in [-0.25, -0.2) is 0 Å². The lowest BCUT2D eigenvalue weighted by atomic mass is 10.4. The molecule has 0 aliphatic heterocycles. The van der Waals surface area contributed by atoms with Crippen LogP contribution in [0.15, 0.2) is 30.4 Å². The normalized spacial score (nSPS) is 12.8. The second-order valence-electron chi connectivity index (χ2n) is 4.14. The predicted molar refractivity (Wildman–Crippen MR) is 84.4 cm³/mol. The Morgan fingerprint density at radius 3 is 2.95 bits per heavy atom. The molecule has 0 saturated carbocycles. The van der Waals surface area contributed by atoms with E-state index in [0.29, 0.717) is 15.9 Å². The molecule has 0 spiro atoms. The average Bonchev–Trinajstić information content (AvgIpc) is 2.71. The zero-order valence-electron chi connectivity index (χ0n) is 10.7. The third-order valence-corrected chi connectivity index (χ3v) is 3.80. The number of hydrogen-bond donors (Lipinski definition) is 1. The van der Waals surface area contributed by atoms with Gasteiger partial charge < -0.3 is 13.7 Å². The van der Waals surface area contributed by atoms with Crippen LogP contribution in [0.3, 0.4) is 0 Å². The molecule has 0 radical (unpaired) electrons. The van der Waals surface area contributed by atoms with E-state index >= 15 is 0 Å². The van der Waals surface area contributed by atoms with E-state index in [9.17, 15) is 4.79 Å². The molecule has 1 N–H and O–H groups in total. The van der Waals surface area contributed by atoms with Gasteiger partial charge in [-0.3, -0.25) is 9.52 Å². The first-order valence-corrected chi connectivity index (χ1v) is 8.19. The quantitative estimate of drug-likeness (QED) is 0.842. The highest BCUT2D eigenvalue weighted by Crippen LogP contribution is 2.26. The fourth-order valence-electron chi connectivity index (χ4n) is 1.59. The van der Waals surface area contributed by atoms with Crippen molar-refractivity contribution in [3.8, 4) is 0 Å². The number of fused-ring (bicyclic) bond motifs is 1. The molecule has 2 heterocycles. The monoisotopic (exact) mass is 346 g/mol. The second-order valence-corrected chi connectivity index (χ2v) is 6.56. The summed E-state index contributed by atoms with van der Waals surface area (Å²) >= 11 is 3.29. The molecule has 0 aliphatic carbocycles. The molecule has 0 fully saturated rings. The highest BCUT2D eigenvalue weighted by molar-refractivity contribution is 9.10. The number of nitrogens with zero attached hydrogens (tertiary/aromatic N) is 1. The lowest BCUT2D eigenvalue weighted by molar-refractivity contribution is 0.568. The first kappa shape index (κ1) is 14.4. The molecule has 1 unspecified atom stereocenters. The van der Waals surface area contributed by atoms with Crippen LogP contribution in [0.2, 0.25) is 0 Å². The van der Waals surface area contributed by atoms with Crippen LogP contribution in [0.4, 0.5) is 5.88 Å². The minimum atomic E-state index is -0.186. The summed E-state index contributed by atoms with van der Waals surface area (Å²) in [5.74, 6) is 4.39. The van der Waals surface area contributed by atoms with E-state index in [4.69, 9.17) is 8.83 Å². The smallest absolute Gasteiger partial charge is 0.230 e. The van der Waals surface area contributed by atoms with Crippen molar-refractivity contribution < 1.29 is 8.83 Å². The number of nitrogens with one attached hydrogen (secondary N) is 1. The molecule has 1 atom stereocenters. The topological polar surface area (TPSA) is 58.6 Å². The maximum absolute atomic E-state index is 11.9. The van der Waals surface area contributed by atoms with Gasteiger partial charge in [-0.15, -0.1) is 10.7 Å². The number of hydrogen-bond acceptors (Lipinski definition) is 5. The van der Waals surface area contributed by atoms with Crippen molar-refractivity contribution in [2.75, 3.05) is 31.3 Å². The molecule has 2 aromatic heterocycles. The lowest BCUT2D eigenvalue weighted by Crippen LogP contribution is -2.27. The highest BCUT2D eigenvalue weighted by Gasteiger charge is 2.13. The Labute approximate surface area is 121 Å². The minimum Gasteiger partial charge on any atom is -0.456 e. The summed E-state index contributed by atoms with van der Waals surface area (Å²) in [6.45, 7) is 1.49. The summed E-state index contributed by atoms with van der Waals surface area (Å²) in [5, 5.41) is 0. The Kier molecular flexibility index (Phi) is 4.49. The minimum absolute atomic E-state index is 0.0538. The van der Waals surface area contributed by atoms with Crippen LogP contribution in [0, 0.1) is 0 Å². The van der Waals surface area contributed by atoms with E-state index in [-0.39, 0.29) is 21.7 Å². The fraction of sp³-hybridized carbons (Fsp3) is 0.333. The van der Waals surface area contributed by atoms with Gasteiger partial charge in [-0.1, -0.05) is 5.87 Å². The van der Waals surface area contributed by atoms with Crippen LogP contribution in [-0.2, 0) is 0 Å². The third kappa shape index (κ3) is 3.29. The summed E-state index contributed by atoms with van der Waals surface area (Å²) in [6, 6.07) is 1.44. The Hall–Kier alpha value is -1.05. The van der Waals surface area contributed by atoms with Crippen molar-refractivity contribution in [3.05, 3.63) is 27.0 Å². The van der Waals surface area contributed by atoms with Gasteiger partial charge in [0.2, 0.25) is 11.0 Å². The molecular formula is C12H15BrN2O3S. The molecule has 0 aliphatic rings. The first-order chi connectivity index (χ1) is 8.99. The summed E-state index contributed by atoms with van der Waals surface area (Å²) in [4.78, 5) is 13.7. The molecule has 19 heavy (non-hydrogen) atoms. The van der Waals surface area contributed by atoms with E-state index in [0.717, 1.165) is 13.1 Å². The van der Waals surface area contributed by atoms with E-state index in [2.05, 4.69) is 26.5 Å². The van der Waals surface area contributed by atoms with Crippen LogP contribution in [0.25, 0.3) is 11.2 Å². The van der Waals surface area contributed by atoms with E-state index in [1.807, 2.05) is 18.2 Å². The summed E-state index contributed by atoms with van der Waals surface area (Å²) < 4.78 is 14.7. The zero-order chi connectivity index (χ0) is 14.0. The molecule has 0 amide bonds. The Balaban J connectivity index is 2.22. The summed E-state index contributed by atoms with van der Waals surface area (Å²) in [6.07, 6.45) is 3.46. The maximum Gasteiger partial charge on any atom is 0.230 e. The molecule has 2 rings (SSSR count). The largest absolute Gasteiger partial charge is 0.456 e. The molecule has 7 heteroatoms. The van der Waals surface area contributed by atoms with Crippen molar-refractivity contribution >= 4 is 49.5 Å². The van der Waals surface area contributed by atoms with Gasteiger partial charge in [-0.05, 0) is 22.2 Å². The zero-order valence-corrected chi connectivity index (χ0v) is 13.1. The standard InChI is InChI=1S/C12H15BrN2O3S/c1-15(5-4-14-19(2)3)10-6-9(16)12-11(18-10)8(13)7-17-12/h6-7,14H,2,4-5H2,1,3H3. The van der Waals surface area contributed by atoms with Gasteiger partial charge in [0.1, 0.15) is 6.26 Å². The van der Waals surface area contributed by atoms with Crippen LogP contribution in [-0.4, -0.2) is 32.3 Å². The second kappa shape index (κ2) is 5.94. The number of furan rings is 1. The molecular weight excluding hydrogens is 332 g/mol. The van der Waals surface area contributed by atoms with Gasteiger partial charge in [0.05, 0.1) is 10.5 Å². The summed E-state index contributed by atoms with van der Waals surface area (Å²) in [7, 11) is 1.82. The van der Waals surface area contributed by atoms with Crippen LogP contribution in [0.1, 0.15) is 0 Å². The van der Waals surface area contributed by atoms with Crippen LogP contribution < -0.4 is 15.1 Å². The molecule has 0 bridgehead atoms. The average molecular weight is 347 g/mol. The van der Waals surface area contributed by atoms with E-state index < -0.39 is 0 Å². The van der Waals surface area contributed by atoms with Gasteiger partial charge in [0.15, 0.2) is 11.5 Å². The van der Waals surface area contributed by atoms with Gasteiger partial charge >= 0.3 is 0 Å². The number of halogens is 1. The maximum atomic E-state index is 11.9. The SMILES string of the molecule is C=S(C)NCCN(C)c1cc(=O)c2occ(Br)c2o1. The Bertz CT molecular complexity index is 665. The molecule has 5 nitrogen and oxygen atoms in total. The van der Waals surface area contributed by atoms with E-state index in [1.54, 1.807) is 0 Å². The third-order valence-electron chi connectivity index (χ3n) is 2.56. The van der Waals surface area contributed by atoms with Crippen molar-refractivity contribution in [1.29, 1.82) is 0 Å². The Morgan fingerprint density at radius 1 is 1.53 bits per heavy atom. The number of rotatable bonds is 5. The Morgan fingerprint density at radius 2 is 2.26 bits per heavy atom. The molecule has 0 saturated heterocycles. The molecule has 0 aromatic carbocycles. The lowest BCUT2D eigenvalue weighted by Gasteiger charge is -2.17. The highest BCUT2D eigenvalue weighted by atomic mass is 79.9. The number of likely N-dealkylation sites (N-methyl/N-ethyl adjacent to an activating group) is 1. The van der Waals surface area contributed by atoms with Crippen LogP contribution >= 0.6 is 26.6 Å².